The van der Waals surface area contributed by atoms with Gasteiger partial charge in [-0.15, -0.1) is 0 Å². The number of hydrogen-bond donors (Lipinski definition) is 3. The molecule has 0 aliphatic carbocycles. The number of fused-ring (bicyclic) bond motifs is 5. The number of anilines is 1. The highest BCUT2D eigenvalue weighted by Gasteiger charge is 2.29. The van der Waals surface area contributed by atoms with Crippen LogP contribution in [-0.2, 0) is 0 Å². The molecule has 52 heavy (non-hydrogen) atoms. The van der Waals surface area contributed by atoms with Crippen molar-refractivity contribution in [1.29, 1.82) is 0 Å². The van der Waals surface area contributed by atoms with Gasteiger partial charge in [0, 0.05) is 47.0 Å². The van der Waals surface area contributed by atoms with Crippen LogP contribution < -0.4 is 20.7 Å². The number of benzene rings is 5. The molecule has 3 unspecified atom stereocenters. The average Bonchev–Trinajstić information content (AvgIpc) is 3.82. The van der Waals surface area contributed by atoms with E-state index < -0.39 is 0 Å². The predicted octanol–water partition coefficient (Wildman–Crippen LogP) is 9.08. The second-order valence-electron chi connectivity index (χ2n) is 13.1. The van der Waals surface area contributed by atoms with Gasteiger partial charge in [0.2, 0.25) is 0 Å². The Morgan fingerprint density at radius 1 is 0.558 bits per heavy atom. The lowest BCUT2D eigenvalue weighted by Crippen LogP contribution is -2.45. The normalized spacial score (nSPS) is 17.9. The van der Waals surface area contributed by atoms with Gasteiger partial charge in [0.1, 0.15) is 18.2 Å². The Morgan fingerprint density at radius 2 is 1.31 bits per heavy atom. The van der Waals surface area contributed by atoms with E-state index in [9.17, 15) is 0 Å². The smallest absolute Gasteiger partial charge is 0.196 e. The zero-order chi connectivity index (χ0) is 34.4. The fourth-order valence-electron chi connectivity index (χ4n) is 7.41. The van der Waals surface area contributed by atoms with Crippen LogP contribution in [0.15, 0.2) is 169 Å². The number of nitrogens with one attached hydrogen (secondary N) is 3. The van der Waals surface area contributed by atoms with Crippen molar-refractivity contribution in [3.63, 3.8) is 0 Å². The minimum absolute atomic E-state index is 0.179. The van der Waals surface area contributed by atoms with Crippen LogP contribution in [0.1, 0.15) is 40.8 Å². The summed E-state index contributed by atoms with van der Waals surface area (Å²) in [4.78, 5) is 13.7. The second kappa shape index (κ2) is 12.5. The Labute approximate surface area is 300 Å². The fourth-order valence-corrected chi connectivity index (χ4v) is 7.41. The van der Waals surface area contributed by atoms with Crippen molar-refractivity contribution in [3.8, 4) is 22.6 Å². The lowest BCUT2D eigenvalue weighted by molar-refractivity contribution is 0.263. The van der Waals surface area contributed by atoms with Crippen molar-refractivity contribution in [2.24, 2.45) is 4.99 Å². The summed E-state index contributed by atoms with van der Waals surface area (Å²) in [6, 6.07) is 48.5. The average molecular weight is 676 g/mol. The molecule has 0 bridgehead atoms. The molecule has 2 aliphatic rings. The minimum atomic E-state index is -0.275. The van der Waals surface area contributed by atoms with Crippen molar-refractivity contribution >= 4 is 33.3 Å². The molecule has 0 amide bonds. The molecule has 0 spiro atoms. The van der Waals surface area contributed by atoms with Gasteiger partial charge in [0.15, 0.2) is 12.0 Å². The topological polar surface area (TPSA) is 88.4 Å². The van der Waals surface area contributed by atoms with Crippen LogP contribution in [0.25, 0.3) is 38.6 Å². The van der Waals surface area contributed by atoms with Gasteiger partial charge in [-0.3, -0.25) is 15.3 Å². The molecule has 8 aromatic rings. The molecule has 250 valence electrons. The molecule has 10 rings (SSSR count). The Kier molecular flexibility index (Phi) is 7.25. The van der Waals surface area contributed by atoms with E-state index in [1.54, 1.807) is 0 Å². The van der Waals surface area contributed by atoms with Crippen molar-refractivity contribution < 1.29 is 4.74 Å². The van der Waals surface area contributed by atoms with E-state index in [1.807, 2.05) is 67.3 Å². The van der Waals surface area contributed by atoms with E-state index in [1.165, 1.54) is 0 Å². The van der Waals surface area contributed by atoms with E-state index in [4.69, 9.17) is 9.73 Å². The molecule has 8 heteroatoms. The van der Waals surface area contributed by atoms with Crippen LogP contribution in [0.2, 0.25) is 0 Å². The van der Waals surface area contributed by atoms with Gasteiger partial charge >= 0.3 is 0 Å². The highest BCUT2D eigenvalue weighted by molar-refractivity contribution is 6.14. The summed E-state index contributed by atoms with van der Waals surface area (Å²) in [5, 5.41) is 13.2. The van der Waals surface area contributed by atoms with Crippen LogP contribution in [-0.4, -0.2) is 20.4 Å². The van der Waals surface area contributed by atoms with Gasteiger partial charge in [0.05, 0.1) is 22.1 Å². The zero-order valence-electron chi connectivity index (χ0n) is 28.0. The summed E-state index contributed by atoms with van der Waals surface area (Å²) in [6.45, 7) is 0. The number of rotatable bonds is 6. The summed E-state index contributed by atoms with van der Waals surface area (Å²) >= 11 is 0. The number of amidine groups is 1. The maximum Gasteiger partial charge on any atom is 0.196 e. The van der Waals surface area contributed by atoms with Gasteiger partial charge < -0.3 is 19.9 Å². The molecule has 5 heterocycles. The molecule has 3 atom stereocenters. The molecule has 0 fully saturated rings. The summed E-state index contributed by atoms with van der Waals surface area (Å²) in [6.07, 6.45) is 6.58. The summed E-state index contributed by atoms with van der Waals surface area (Å²) < 4.78 is 8.98. The molecule has 2 aliphatic heterocycles. The van der Waals surface area contributed by atoms with Gasteiger partial charge in [-0.25, -0.2) is 4.99 Å². The van der Waals surface area contributed by atoms with E-state index in [2.05, 4.69) is 128 Å². The lowest BCUT2D eigenvalue weighted by atomic mass is 10.0. The molecule has 0 saturated heterocycles. The first-order chi connectivity index (χ1) is 25.8. The van der Waals surface area contributed by atoms with Crippen LogP contribution in [0.3, 0.4) is 0 Å². The van der Waals surface area contributed by atoms with Gasteiger partial charge in [-0.1, -0.05) is 84.9 Å². The Morgan fingerprint density at radius 3 is 2.13 bits per heavy atom. The first-order valence-corrected chi connectivity index (χ1v) is 17.4. The first-order valence-electron chi connectivity index (χ1n) is 17.4. The Balaban J connectivity index is 1.05. The van der Waals surface area contributed by atoms with Gasteiger partial charge in [-0.2, -0.15) is 0 Å². The summed E-state index contributed by atoms with van der Waals surface area (Å²) in [5.41, 5.74) is 10.7. The van der Waals surface area contributed by atoms with Crippen LogP contribution in [0.4, 0.5) is 5.69 Å². The molecule has 0 saturated carbocycles. The number of ether oxygens (including phenoxy) is 1. The maximum absolute atomic E-state index is 6.65. The van der Waals surface area contributed by atoms with E-state index in [0.29, 0.717) is 0 Å². The zero-order valence-corrected chi connectivity index (χ0v) is 28.0. The minimum Gasteiger partial charge on any atom is -0.464 e. The highest BCUT2D eigenvalue weighted by atomic mass is 16.5. The van der Waals surface area contributed by atoms with Crippen LogP contribution in [0.5, 0.6) is 5.75 Å². The maximum atomic E-state index is 6.65. The van der Waals surface area contributed by atoms with Crippen molar-refractivity contribution in [2.75, 3.05) is 5.32 Å². The second-order valence-corrected chi connectivity index (χ2v) is 13.1. The monoisotopic (exact) mass is 675 g/mol. The number of aliphatic imine (C=N–C) groups is 1. The Hall–Kier alpha value is -6.77. The predicted molar refractivity (Wildman–Crippen MR) is 206 cm³/mol. The molecular formula is C44H33N7O. The third-order valence-corrected chi connectivity index (χ3v) is 9.94. The number of nitrogens with zero attached hydrogens (tertiary/aromatic N) is 4. The van der Waals surface area contributed by atoms with Crippen LogP contribution >= 0.6 is 0 Å². The SMILES string of the molecule is c1ccc(C2Nc3ccc4c(c3O2)c2ccccc2n4-c2cccc(C3=NC(c4ccc(-c5ccncc5)cc4)NC(c4ccncc4)N3)c2)cc1. The van der Waals surface area contributed by atoms with Gasteiger partial charge in [0.25, 0.3) is 0 Å². The quantitative estimate of drug-likeness (QED) is 0.163. The number of pyridine rings is 2. The van der Waals surface area contributed by atoms with Gasteiger partial charge in [-0.05, 0) is 76.9 Å². The van der Waals surface area contributed by atoms with E-state index >= 15 is 0 Å². The molecule has 3 aromatic heterocycles. The third-order valence-electron chi connectivity index (χ3n) is 9.94. The number of aromatic nitrogens is 3. The highest BCUT2D eigenvalue weighted by Crippen LogP contribution is 2.47. The van der Waals surface area contributed by atoms with E-state index in [0.717, 1.165) is 78.1 Å². The summed E-state index contributed by atoms with van der Waals surface area (Å²) in [5.74, 6) is 1.69. The summed E-state index contributed by atoms with van der Waals surface area (Å²) in [7, 11) is 0. The first kappa shape index (κ1) is 30.1. The molecule has 8 nitrogen and oxygen atoms in total. The lowest BCUT2D eigenvalue weighted by Gasteiger charge is -2.32. The van der Waals surface area contributed by atoms with Crippen molar-refractivity contribution in [2.45, 2.75) is 18.6 Å². The molecular weight excluding hydrogens is 643 g/mol. The number of hydrogen-bond acceptors (Lipinski definition) is 7. The van der Waals surface area contributed by atoms with Crippen LogP contribution in [0, 0.1) is 0 Å². The molecule has 3 N–H and O–H groups in total. The fraction of sp³-hybridized carbons (Fsp3) is 0.0682. The van der Waals surface area contributed by atoms with Crippen molar-refractivity contribution in [1.82, 2.24) is 25.2 Å². The standard InChI is InChI=1S/C44H33N7O/c1-2-7-32(8-3-1)44-47-36-17-18-38-39(40(36)52-44)35-11-4-5-12-37(35)51(38)34-10-6-9-33(27-34)43-49-41(48-42(50-43)31-21-25-46-26-22-31)30-15-13-28(14-16-30)29-19-23-45-24-20-29/h1-27,41-42,44,47-48H,(H,49,50). The largest absolute Gasteiger partial charge is 0.464 e. The molecule has 0 radical (unpaired) electrons. The Bertz CT molecular complexity index is 2590. The van der Waals surface area contributed by atoms with E-state index in [-0.39, 0.29) is 18.6 Å². The number of para-hydroxylation sites is 1. The third kappa shape index (κ3) is 5.25. The molecule has 5 aromatic carbocycles. The van der Waals surface area contributed by atoms with Crippen molar-refractivity contribution in [3.05, 3.63) is 187 Å².